The van der Waals surface area contributed by atoms with E-state index in [-0.39, 0.29) is 5.48 Å². The lowest BCUT2D eigenvalue weighted by atomic mass is 10.1. The molecule has 6 heteroatoms. The number of rotatable bonds is 2. The lowest BCUT2D eigenvalue weighted by Crippen LogP contribution is -2.21. The minimum absolute atomic E-state index is 0. The zero-order chi connectivity index (χ0) is 15.9. The van der Waals surface area contributed by atoms with E-state index in [0.717, 1.165) is 16.5 Å². The van der Waals surface area contributed by atoms with Crippen molar-refractivity contribution in [3.05, 3.63) is 47.5 Å². The quantitative estimate of drug-likeness (QED) is 0.515. The molecule has 1 aromatic heterocycles. The van der Waals surface area contributed by atoms with Crippen LogP contribution in [0.4, 0.5) is 18.9 Å². The van der Waals surface area contributed by atoms with E-state index < -0.39 is 12.7 Å². The van der Waals surface area contributed by atoms with Crippen LogP contribution in [0.2, 0.25) is 0 Å². The average Bonchev–Trinajstić information content (AvgIpc) is 2.43. The zero-order valence-electron chi connectivity index (χ0n) is 12.7. The van der Waals surface area contributed by atoms with Crippen LogP contribution in [0.5, 0.6) is 0 Å². The summed E-state index contributed by atoms with van der Waals surface area (Å²) in [6.07, 6.45) is -4.26. The summed E-state index contributed by atoms with van der Waals surface area (Å²) in [5.41, 5.74) is 3.55. The number of benzene rings is 2. The van der Waals surface area contributed by atoms with Crippen molar-refractivity contribution >= 4 is 27.6 Å². The van der Waals surface area contributed by atoms with Crippen molar-refractivity contribution < 1.29 is 23.1 Å². The maximum Gasteiger partial charge on any atom is 0.405 e. The maximum atomic E-state index is 12.5. The Morgan fingerprint density at radius 3 is 2.39 bits per heavy atom. The number of hydrogen-bond acceptors (Lipinski definition) is 2. The molecule has 23 heavy (non-hydrogen) atoms. The number of fused-ring (bicyclic) bond motifs is 2. The smallest absolute Gasteiger partial charge is 0.405 e. The molecule has 0 radical (unpaired) electrons. The number of nitrogens with one attached hydrogen (secondary N) is 1. The Morgan fingerprint density at radius 2 is 1.70 bits per heavy atom. The van der Waals surface area contributed by atoms with E-state index in [1.54, 1.807) is 19.1 Å². The third-order valence-electron chi connectivity index (χ3n) is 3.56. The molecule has 0 fully saturated rings. The highest BCUT2D eigenvalue weighted by Crippen LogP contribution is 2.32. The minimum atomic E-state index is -4.26. The van der Waals surface area contributed by atoms with Gasteiger partial charge < -0.3 is 10.8 Å². The normalized spacial score (nSPS) is 11.5. The number of aryl methyl sites for hydroxylation is 2. The summed E-state index contributed by atoms with van der Waals surface area (Å²) >= 11 is 0. The molecule has 0 amide bonds. The average molecular weight is 323 g/mol. The second-order valence-electron chi connectivity index (χ2n) is 5.43. The van der Waals surface area contributed by atoms with Gasteiger partial charge in [-0.05, 0) is 49.2 Å². The van der Waals surface area contributed by atoms with Crippen LogP contribution in [0.1, 0.15) is 11.1 Å². The first kappa shape index (κ1) is 17.0. The Morgan fingerprint density at radius 1 is 1.00 bits per heavy atom. The van der Waals surface area contributed by atoms with Crippen molar-refractivity contribution in [2.24, 2.45) is 0 Å². The van der Waals surface area contributed by atoms with Gasteiger partial charge in [-0.3, -0.25) is 0 Å². The summed E-state index contributed by atoms with van der Waals surface area (Å²) < 4.78 is 43.3. The van der Waals surface area contributed by atoms with Crippen LogP contribution in [0.25, 0.3) is 21.9 Å². The lowest BCUT2D eigenvalue weighted by molar-refractivity contribution is -0.115. The summed E-state index contributed by atoms with van der Waals surface area (Å²) in [5.74, 6) is 0. The molecule has 0 unspecified atom stereocenters. The molecule has 0 spiro atoms. The van der Waals surface area contributed by atoms with E-state index in [2.05, 4.69) is 5.32 Å². The summed E-state index contributed by atoms with van der Waals surface area (Å²) in [4.78, 5) is 0. The number of halogens is 3. The van der Waals surface area contributed by atoms with Gasteiger partial charge >= 0.3 is 17.3 Å². The van der Waals surface area contributed by atoms with Crippen molar-refractivity contribution in [3.63, 3.8) is 0 Å². The van der Waals surface area contributed by atoms with Gasteiger partial charge in [0.05, 0.1) is 11.1 Å². The summed E-state index contributed by atoms with van der Waals surface area (Å²) in [5, 5.41) is 4.01. The predicted octanol–water partition coefficient (Wildman–Crippen LogP) is 5.28. The molecule has 0 bridgehead atoms. The van der Waals surface area contributed by atoms with Crippen molar-refractivity contribution in [1.29, 1.82) is 0 Å². The number of anilines is 1. The lowest BCUT2D eigenvalue weighted by Gasteiger charge is -2.12. The van der Waals surface area contributed by atoms with E-state index in [1.165, 1.54) is 0 Å². The van der Waals surface area contributed by atoms with E-state index >= 15 is 0 Å². The Kier molecular flexibility index (Phi) is 4.47. The predicted molar refractivity (Wildman–Crippen MR) is 84.1 cm³/mol. The van der Waals surface area contributed by atoms with Crippen molar-refractivity contribution in [1.82, 2.24) is 0 Å². The van der Waals surface area contributed by atoms with Crippen LogP contribution in [-0.2, 0) is 0 Å². The van der Waals surface area contributed by atoms with Crippen LogP contribution in [0.15, 0.2) is 40.8 Å². The second kappa shape index (κ2) is 6.04. The fourth-order valence-corrected chi connectivity index (χ4v) is 2.51. The van der Waals surface area contributed by atoms with Gasteiger partial charge in [-0.2, -0.15) is 13.2 Å². The van der Waals surface area contributed by atoms with Gasteiger partial charge in [-0.25, -0.2) is 4.42 Å². The molecule has 2 N–H and O–H groups in total. The van der Waals surface area contributed by atoms with E-state index in [1.807, 2.05) is 31.2 Å². The molecule has 122 valence electrons. The molecular formula is C17H16F3NO2. The topological polar surface area (TPSA) is 53.3 Å². The summed E-state index contributed by atoms with van der Waals surface area (Å²) in [6, 6.07) is 11.2. The summed E-state index contributed by atoms with van der Waals surface area (Å²) in [6.45, 7) is 2.67. The maximum absolute atomic E-state index is 12.5. The largest absolute Gasteiger partial charge is 0.870 e. The highest BCUT2D eigenvalue weighted by molar-refractivity contribution is 5.98. The van der Waals surface area contributed by atoms with Gasteiger partial charge in [0, 0.05) is 12.1 Å². The van der Waals surface area contributed by atoms with Gasteiger partial charge in [-0.15, -0.1) is 0 Å². The Hall–Kier alpha value is -2.34. The first-order chi connectivity index (χ1) is 10.3. The molecule has 3 rings (SSSR count). The third kappa shape index (κ3) is 3.53. The van der Waals surface area contributed by atoms with Crippen molar-refractivity contribution in [2.45, 2.75) is 20.0 Å². The fraction of sp³-hybridized carbons (Fsp3) is 0.235. The minimum Gasteiger partial charge on any atom is -0.870 e. The Labute approximate surface area is 131 Å². The second-order valence-corrected chi connectivity index (χ2v) is 5.43. The molecule has 1 heterocycles. The van der Waals surface area contributed by atoms with Gasteiger partial charge in [-0.1, -0.05) is 0 Å². The molecule has 2 aromatic carbocycles. The molecule has 3 aromatic rings. The number of alkyl halides is 3. The molecule has 0 saturated carbocycles. The van der Waals surface area contributed by atoms with Gasteiger partial charge in [0.15, 0.2) is 0 Å². The van der Waals surface area contributed by atoms with Crippen LogP contribution < -0.4 is 5.32 Å². The number of hydrogen-bond donors (Lipinski definition) is 1. The summed E-state index contributed by atoms with van der Waals surface area (Å²) in [7, 11) is 0. The molecule has 0 aliphatic carbocycles. The molecule has 0 atom stereocenters. The monoisotopic (exact) mass is 323 g/mol. The van der Waals surface area contributed by atoms with Gasteiger partial charge in [0.1, 0.15) is 11.9 Å². The molecule has 0 aliphatic heterocycles. The van der Waals surface area contributed by atoms with E-state index in [9.17, 15) is 13.2 Å². The van der Waals surface area contributed by atoms with E-state index in [4.69, 9.17) is 4.42 Å². The Bertz CT molecular complexity index is 860. The fourth-order valence-electron chi connectivity index (χ4n) is 2.51. The van der Waals surface area contributed by atoms with Crippen LogP contribution in [0.3, 0.4) is 0 Å². The molecular weight excluding hydrogens is 307 g/mol. The van der Waals surface area contributed by atoms with E-state index in [0.29, 0.717) is 22.2 Å². The molecule has 0 aliphatic rings. The van der Waals surface area contributed by atoms with Crippen LogP contribution in [0, 0.1) is 13.8 Å². The highest BCUT2D eigenvalue weighted by Gasteiger charge is 2.28. The van der Waals surface area contributed by atoms with Crippen molar-refractivity contribution in [2.75, 3.05) is 11.9 Å². The highest BCUT2D eigenvalue weighted by atomic mass is 19.4. The SMILES string of the molecule is Cc1ccc2[o+]c3ccc(C)c(NCC(F)(F)F)c3cc2c1.[OH-]. The van der Waals surface area contributed by atoms with Crippen LogP contribution >= 0.6 is 0 Å². The molecule has 0 saturated heterocycles. The first-order valence-electron chi connectivity index (χ1n) is 6.91. The van der Waals surface area contributed by atoms with Crippen LogP contribution in [-0.4, -0.2) is 18.2 Å². The van der Waals surface area contributed by atoms with Gasteiger partial charge in [0.25, 0.3) is 0 Å². The molecule has 3 nitrogen and oxygen atoms in total. The Balaban J connectivity index is 0.00000192. The van der Waals surface area contributed by atoms with Gasteiger partial charge in [0.2, 0.25) is 0 Å². The first-order valence-corrected chi connectivity index (χ1v) is 6.91. The standard InChI is InChI=1S/C17H15F3NO.H2O/c1-10-3-5-14-12(7-10)8-13-15(22-14)6-4-11(2)16(13)21-9-17(18,19)20;/h3-8,21H,9H2,1-2H3;1H2/q+1;/p-1. The zero-order valence-corrected chi connectivity index (χ0v) is 12.7. The third-order valence-corrected chi connectivity index (χ3v) is 3.56. The van der Waals surface area contributed by atoms with Crippen molar-refractivity contribution in [3.8, 4) is 0 Å².